The monoisotopic (exact) mass is 391 g/mol. The van der Waals surface area contributed by atoms with Gasteiger partial charge in [0.15, 0.2) is 4.34 Å². The molecule has 0 saturated carbocycles. The molecule has 0 unspecified atom stereocenters. The summed E-state index contributed by atoms with van der Waals surface area (Å²) in [5.41, 5.74) is 0.586. The molecule has 0 fully saturated rings. The molecule has 0 aliphatic rings. The molecule has 2 aromatic rings. The first-order valence-corrected chi connectivity index (χ1v) is 8.37. The summed E-state index contributed by atoms with van der Waals surface area (Å²) >= 11 is 5.81. The standard InChI is InChI=1S/C12H11BrFN3O2S2/c1-19-5-10(18)15-11-16-17-12(21-11)20-6-7-2-3-8(13)4-9(7)14/h2-4H,5-6H2,1H3,(H,15,16,18). The molecule has 1 N–H and O–H groups in total. The summed E-state index contributed by atoms with van der Waals surface area (Å²) in [6, 6.07) is 4.93. The lowest BCUT2D eigenvalue weighted by molar-refractivity contribution is -0.119. The lowest BCUT2D eigenvalue weighted by atomic mass is 10.2. The third-order valence-corrected chi connectivity index (χ3v) is 4.81. The number of carbonyl (C=O) groups is 1. The predicted octanol–water partition coefficient (Wildman–Crippen LogP) is 3.32. The number of benzene rings is 1. The largest absolute Gasteiger partial charge is 0.375 e. The first-order valence-electron chi connectivity index (χ1n) is 5.77. The van der Waals surface area contributed by atoms with Crippen LogP contribution >= 0.6 is 39.0 Å². The normalized spacial score (nSPS) is 10.6. The van der Waals surface area contributed by atoms with Crippen LogP contribution in [-0.4, -0.2) is 29.8 Å². The Bertz CT molecular complexity index is 639. The van der Waals surface area contributed by atoms with Crippen molar-refractivity contribution in [2.45, 2.75) is 10.1 Å². The molecule has 0 radical (unpaired) electrons. The van der Waals surface area contributed by atoms with Crippen molar-refractivity contribution in [2.24, 2.45) is 0 Å². The molecule has 0 atom stereocenters. The molecule has 9 heteroatoms. The van der Waals surface area contributed by atoms with E-state index in [1.807, 2.05) is 0 Å². The molecule has 5 nitrogen and oxygen atoms in total. The van der Waals surface area contributed by atoms with Crippen LogP contribution in [0.25, 0.3) is 0 Å². The number of nitrogens with one attached hydrogen (secondary N) is 1. The predicted molar refractivity (Wildman–Crippen MR) is 84.1 cm³/mol. The third-order valence-electron chi connectivity index (χ3n) is 2.29. The molecular weight excluding hydrogens is 381 g/mol. The molecule has 0 aliphatic carbocycles. The molecule has 0 saturated heterocycles. The van der Waals surface area contributed by atoms with E-state index in [0.717, 1.165) is 0 Å². The van der Waals surface area contributed by atoms with Crippen molar-refractivity contribution in [1.82, 2.24) is 10.2 Å². The third kappa shape index (κ3) is 5.03. The Morgan fingerprint density at radius 3 is 3.05 bits per heavy atom. The number of ether oxygens (including phenoxy) is 1. The number of hydrogen-bond acceptors (Lipinski definition) is 6. The summed E-state index contributed by atoms with van der Waals surface area (Å²) < 4.78 is 19.7. The minimum Gasteiger partial charge on any atom is -0.375 e. The number of anilines is 1. The van der Waals surface area contributed by atoms with Gasteiger partial charge in [0.05, 0.1) is 0 Å². The van der Waals surface area contributed by atoms with Gasteiger partial charge in [0.2, 0.25) is 5.13 Å². The Morgan fingerprint density at radius 1 is 1.52 bits per heavy atom. The molecular formula is C12H11BrFN3O2S2. The average molecular weight is 392 g/mol. The molecule has 1 heterocycles. The van der Waals surface area contributed by atoms with Gasteiger partial charge < -0.3 is 4.74 Å². The number of amides is 1. The van der Waals surface area contributed by atoms with Crippen molar-refractivity contribution in [3.8, 4) is 0 Å². The van der Waals surface area contributed by atoms with Crippen molar-refractivity contribution in [2.75, 3.05) is 19.0 Å². The summed E-state index contributed by atoms with van der Waals surface area (Å²) in [6.07, 6.45) is 0. The van der Waals surface area contributed by atoms with Gasteiger partial charge in [-0.05, 0) is 17.7 Å². The maximum Gasteiger partial charge on any atom is 0.252 e. The van der Waals surface area contributed by atoms with E-state index >= 15 is 0 Å². The molecule has 0 aliphatic heterocycles. The minimum absolute atomic E-state index is 0.0356. The molecule has 1 amide bonds. The van der Waals surface area contributed by atoms with Crippen molar-refractivity contribution in [3.63, 3.8) is 0 Å². The molecule has 1 aromatic carbocycles. The maximum atomic E-state index is 13.7. The SMILES string of the molecule is COCC(=O)Nc1nnc(SCc2ccc(Br)cc2F)s1. The van der Waals surface area contributed by atoms with Crippen LogP contribution < -0.4 is 5.32 Å². The van der Waals surface area contributed by atoms with Crippen LogP contribution in [0.3, 0.4) is 0 Å². The van der Waals surface area contributed by atoms with Crippen molar-refractivity contribution >= 4 is 50.1 Å². The van der Waals surface area contributed by atoms with Crippen molar-refractivity contribution in [3.05, 3.63) is 34.1 Å². The second-order valence-electron chi connectivity index (χ2n) is 3.88. The van der Waals surface area contributed by atoms with E-state index in [0.29, 0.717) is 25.3 Å². The van der Waals surface area contributed by atoms with Gasteiger partial charge in [0.25, 0.3) is 5.91 Å². The lowest BCUT2D eigenvalue weighted by Gasteiger charge is -2.01. The van der Waals surface area contributed by atoms with Crippen molar-refractivity contribution < 1.29 is 13.9 Å². The van der Waals surface area contributed by atoms with E-state index in [1.54, 1.807) is 12.1 Å². The quantitative estimate of drug-likeness (QED) is 0.604. The fourth-order valence-corrected chi connectivity index (χ4v) is 3.47. The Kier molecular flexibility index (Phi) is 6.09. The number of methoxy groups -OCH3 is 1. The van der Waals surface area contributed by atoms with E-state index in [9.17, 15) is 9.18 Å². The van der Waals surface area contributed by atoms with E-state index in [4.69, 9.17) is 4.74 Å². The number of rotatable bonds is 6. The van der Waals surface area contributed by atoms with Gasteiger partial charge in [0, 0.05) is 17.3 Å². The topological polar surface area (TPSA) is 64.1 Å². The van der Waals surface area contributed by atoms with E-state index in [1.165, 1.54) is 36.3 Å². The Labute approximate surface area is 137 Å². The summed E-state index contributed by atoms with van der Waals surface area (Å²) in [5.74, 6) is -0.112. The van der Waals surface area contributed by atoms with Gasteiger partial charge in [-0.15, -0.1) is 10.2 Å². The van der Waals surface area contributed by atoms with Crippen LogP contribution in [0.4, 0.5) is 9.52 Å². The van der Waals surface area contributed by atoms with Crippen LogP contribution in [0.5, 0.6) is 0 Å². The van der Waals surface area contributed by atoms with Gasteiger partial charge in [-0.2, -0.15) is 0 Å². The number of halogens is 2. The molecule has 1 aromatic heterocycles. The van der Waals surface area contributed by atoms with Gasteiger partial charge in [-0.1, -0.05) is 45.1 Å². The van der Waals surface area contributed by atoms with Crippen LogP contribution in [0.15, 0.2) is 27.0 Å². The summed E-state index contributed by atoms with van der Waals surface area (Å²) in [5, 5.41) is 10.7. The fraction of sp³-hybridized carbons (Fsp3) is 0.250. The van der Waals surface area contributed by atoms with E-state index < -0.39 is 0 Å². The Hall–Kier alpha value is -1.03. The number of carbonyl (C=O) groups excluding carboxylic acids is 1. The lowest BCUT2D eigenvalue weighted by Crippen LogP contribution is -2.16. The van der Waals surface area contributed by atoms with Crippen LogP contribution in [-0.2, 0) is 15.3 Å². The summed E-state index contributed by atoms with van der Waals surface area (Å²) in [6.45, 7) is -0.0356. The summed E-state index contributed by atoms with van der Waals surface area (Å²) in [4.78, 5) is 11.3. The molecule has 112 valence electrons. The second-order valence-corrected chi connectivity index (χ2v) is 6.99. The van der Waals surface area contributed by atoms with Gasteiger partial charge >= 0.3 is 0 Å². The van der Waals surface area contributed by atoms with Crippen LogP contribution in [0.2, 0.25) is 0 Å². The van der Waals surface area contributed by atoms with Gasteiger partial charge in [-0.25, -0.2) is 4.39 Å². The zero-order chi connectivity index (χ0) is 15.2. The highest BCUT2D eigenvalue weighted by atomic mass is 79.9. The number of hydrogen-bond donors (Lipinski definition) is 1. The second kappa shape index (κ2) is 7.83. The zero-order valence-electron chi connectivity index (χ0n) is 10.9. The number of thioether (sulfide) groups is 1. The highest BCUT2D eigenvalue weighted by Gasteiger charge is 2.10. The van der Waals surface area contributed by atoms with E-state index in [2.05, 4.69) is 31.4 Å². The molecule has 2 rings (SSSR count). The van der Waals surface area contributed by atoms with Gasteiger partial charge in [-0.3, -0.25) is 10.1 Å². The minimum atomic E-state index is -0.288. The molecule has 0 bridgehead atoms. The molecule has 21 heavy (non-hydrogen) atoms. The Balaban J connectivity index is 1.92. The van der Waals surface area contributed by atoms with Gasteiger partial charge in [0.1, 0.15) is 12.4 Å². The number of nitrogens with zero attached hydrogens (tertiary/aromatic N) is 2. The smallest absolute Gasteiger partial charge is 0.252 e. The first-order chi connectivity index (χ1) is 10.1. The van der Waals surface area contributed by atoms with Crippen LogP contribution in [0, 0.1) is 5.82 Å². The van der Waals surface area contributed by atoms with Crippen molar-refractivity contribution in [1.29, 1.82) is 0 Å². The average Bonchev–Trinajstić information content (AvgIpc) is 2.85. The van der Waals surface area contributed by atoms with E-state index in [-0.39, 0.29) is 18.3 Å². The first kappa shape index (κ1) is 16.3. The summed E-state index contributed by atoms with van der Waals surface area (Å²) in [7, 11) is 1.44. The number of aromatic nitrogens is 2. The highest BCUT2D eigenvalue weighted by molar-refractivity contribution is 9.10. The fourth-order valence-electron chi connectivity index (χ4n) is 1.38. The Morgan fingerprint density at radius 2 is 2.33 bits per heavy atom. The zero-order valence-corrected chi connectivity index (χ0v) is 14.1. The maximum absolute atomic E-state index is 13.7. The van der Waals surface area contributed by atoms with Crippen LogP contribution in [0.1, 0.15) is 5.56 Å². The molecule has 0 spiro atoms. The highest BCUT2D eigenvalue weighted by Crippen LogP contribution is 2.29.